The Morgan fingerprint density at radius 3 is 1.84 bits per heavy atom. The van der Waals surface area contributed by atoms with Gasteiger partial charge in [0.25, 0.3) is 0 Å². The Morgan fingerprint density at radius 2 is 1.68 bits per heavy atom. The molecule has 2 N–H and O–H groups in total. The SMILES string of the molecule is CC.CC(=O)CC(C)C.CCNC(C)(C)CCO.S. The lowest BCUT2D eigenvalue weighted by Gasteiger charge is -2.24. The average Bonchev–Trinajstić information content (AvgIpc) is 2.18. The van der Waals surface area contributed by atoms with E-state index in [1.54, 1.807) is 6.92 Å². The largest absolute Gasteiger partial charge is 0.396 e. The highest BCUT2D eigenvalue weighted by molar-refractivity contribution is 7.59. The van der Waals surface area contributed by atoms with E-state index in [4.69, 9.17) is 5.11 Å². The summed E-state index contributed by atoms with van der Waals surface area (Å²) in [5, 5.41) is 11.9. The summed E-state index contributed by atoms with van der Waals surface area (Å²) in [5.41, 5.74) is 0.101. The number of hydrogen-bond donors (Lipinski definition) is 2. The molecule has 0 aromatic heterocycles. The topological polar surface area (TPSA) is 49.3 Å². The number of Topliss-reactive ketones (excluding diaryl/α,β-unsaturated/α-hetero) is 1. The van der Waals surface area contributed by atoms with Crippen LogP contribution in [0, 0.1) is 5.92 Å². The van der Waals surface area contributed by atoms with E-state index in [9.17, 15) is 4.79 Å². The highest BCUT2D eigenvalue weighted by Gasteiger charge is 2.13. The van der Waals surface area contributed by atoms with Gasteiger partial charge in [-0.1, -0.05) is 34.6 Å². The van der Waals surface area contributed by atoms with Crippen molar-refractivity contribution in [2.75, 3.05) is 13.2 Å². The summed E-state index contributed by atoms with van der Waals surface area (Å²) in [6, 6.07) is 0. The Morgan fingerprint density at radius 1 is 1.26 bits per heavy atom. The molecule has 0 saturated heterocycles. The molecule has 0 aliphatic rings. The van der Waals surface area contributed by atoms with Crippen LogP contribution in [0.2, 0.25) is 0 Å². The number of nitrogens with one attached hydrogen (secondary N) is 1. The van der Waals surface area contributed by atoms with Crippen molar-refractivity contribution in [1.82, 2.24) is 5.32 Å². The summed E-state index contributed by atoms with van der Waals surface area (Å²) in [6.07, 6.45) is 1.54. The molecule has 0 fully saturated rings. The zero-order chi connectivity index (χ0) is 15.2. The number of ketones is 1. The van der Waals surface area contributed by atoms with Gasteiger partial charge in [0, 0.05) is 18.6 Å². The second-order valence-electron chi connectivity index (χ2n) is 5.19. The zero-order valence-corrected chi connectivity index (χ0v) is 15.3. The van der Waals surface area contributed by atoms with Crippen molar-refractivity contribution in [2.24, 2.45) is 5.92 Å². The summed E-state index contributed by atoms with van der Waals surface area (Å²) in [5.74, 6) is 0.813. The number of aliphatic hydroxyl groups excluding tert-OH is 1. The minimum Gasteiger partial charge on any atom is -0.396 e. The van der Waals surface area contributed by atoms with Crippen molar-refractivity contribution in [3.8, 4) is 0 Å². The van der Waals surface area contributed by atoms with Crippen LogP contribution in [0.1, 0.15) is 68.2 Å². The molecule has 3 nitrogen and oxygen atoms in total. The van der Waals surface area contributed by atoms with Gasteiger partial charge < -0.3 is 15.2 Å². The van der Waals surface area contributed by atoms with Gasteiger partial charge in [0.05, 0.1) is 0 Å². The summed E-state index contributed by atoms with van der Waals surface area (Å²) in [7, 11) is 0. The molecule has 0 spiro atoms. The first-order valence-corrected chi connectivity index (χ1v) is 7.10. The predicted molar refractivity (Wildman–Crippen MR) is 91.3 cm³/mol. The lowest BCUT2D eigenvalue weighted by molar-refractivity contribution is -0.117. The van der Waals surface area contributed by atoms with Gasteiger partial charge in [-0.15, -0.1) is 0 Å². The molecule has 0 aliphatic carbocycles. The number of rotatable bonds is 6. The molecule has 0 heterocycles. The van der Waals surface area contributed by atoms with E-state index in [2.05, 4.69) is 26.1 Å². The second-order valence-corrected chi connectivity index (χ2v) is 5.19. The molecule has 0 aromatic rings. The van der Waals surface area contributed by atoms with Crippen molar-refractivity contribution < 1.29 is 9.90 Å². The van der Waals surface area contributed by atoms with E-state index < -0.39 is 0 Å². The normalized spacial score (nSPS) is 9.58. The van der Waals surface area contributed by atoms with Gasteiger partial charge in [-0.2, -0.15) is 13.5 Å². The van der Waals surface area contributed by atoms with E-state index in [-0.39, 0.29) is 31.4 Å². The molecule has 0 bridgehead atoms. The first kappa shape index (κ1) is 27.3. The number of carbonyl (C=O) groups excluding carboxylic acids is 1. The van der Waals surface area contributed by atoms with E-state index >= 15 is 0 Å². The number of aliphatic hydroxyl groups is 1. The van der Waals surface area contributed by atoms with Gasteiger partial charge in [0.1, 0.15) is 5.78 Å². The monoisotopic (exact) mass is 295 g/mol. The molecule has 0 radical (unpaired) electrons. The van der Waals surface area contributed by atoms with Gasteiger partial charge in [0.2, 0.25) is 0 Å². The first-order valence-electron chi connectivity index (χ1n) is 7.10. The van der Waals surface area contributed by atoms with E-state index in [1.807, 2.05) is 27.7 Å². The lowest BCUT2D eigenvalue weighted by Crippen LogP contribution is -2.39. The van der Waals surface area contributed by atoms with Crippen LogP contribution in [0.3, 0.4) is 0 Å². The van der Waals surface area contributed by atoms with Crippen molar-refractivity contribution >= 4 is 19.3 Å². The van der Waals surface area contributed by atoms with Crippen molar-refractivity contribution in [3.05, 3.63) is 0 Å². The Balaban J connectivity index is -0.000000102. The summed E-state index contributed by atoms with van der Waals surface area (Å²) in [6.45, 7) is 17.2. The summed E-state index contributed by atoms with van der Waals surface area (Å²) >= 11 is 0. The fraction of sp³-hybridized carbons (Fsp3) is 0.933. The quantitative estimate of drug-likeness (QED) is 0.788. The number of hydrogen-bond acceptors (Lipinski definition) is 3. The van der Waals surface area contributed by atoms with E-state index in [0.717, 1.165) is 19.4 Å². The lowest BCUT2D eigenvalue weighted by atomic mass is 10.0. The Kier molecular flexibility index (Phi) is 25.8. The van der Waals surface area contributed by atoms with Gasteiger partial charge in [0.15, 0.2) is 0 Å². The Labute approximate surface area is 128 Å². The van der Waals surface area contributed by atoms with Gasteiger partial charge in [-0.05, 0) is 39.7 Å². The maximum atomic E-state index is 10.3. The molecule has 0 aliphatic heterocycles. The zero-order valence-electron chi connectivity index (χ0n) is 14.3. The highest BCUT2D eigenvalue weighted by atomic mass is 32.1. The van der Waals surface area contributed by atoms with Crippen LogP contribution >= 0.6 is 13.5 Å². The smallest absolute Gasteiger partial charge is 0.130 e. The van der Waals surface area contributed by atoms with Crippen LogP contribution < -0.4 is 5.32 Å². The van der Waals surface area contributed by atoms with Crippen molar-refractivity contribution in [1.29, 1.82) is 0 Å². The highest BCUT2D eigenvalue weighted by Crippen LogP contribution is 2.05. The van der Waals surface area contributed by atoms with Gasteiger partial charge in [-0.3, -0.25) is 0 Å². The van der Waals surface area contributed by atoms with Crippen LogP contribution in [-0.4, -0.2) is 29.6 Å². The van der Waals surface area contributed by atoms with Crippen LogP contribution in [0.4, 0.5) is 0 Å². The molecule has 0 unspecified atom stereocenters. The van der Waals surface area contributed by atoms with Crippen molar-refractivity contribution in [3.63, 3.8) is 0 Å². The standard InChI is InChI=1S/C7H17NO.C6H12O.C2H6.H2S/c1-4-8-7(2,3)5-6-9;1-5(2)4-6(3)7;1-2;/h8-9H,4-6H2,1-3H3;5H,4H2,1-3H3;1-2H3;1H2. The fourth-order valence-electron chi connectivity index (χ4n) is 1.42. The minimum absolute atomic E-state index is 0. The molecule has 0 aromatic carbocycles. The van der Waals surface area contributed by atoms with Gasteiger partial charge in [-0.25, -0.2) is 0 Å². The maximum absolute atomic E-state index is 10.3. The summed E-state index contributed by atoms with van der Waals surface area (Å²) in [4.78, 5) is 10.3. The second kappa shape index (κ2) is 17.9. The molecule has 0 rings (SSSR count). The summed E-state index contributed by atoms with van der Waals surface area (Å²) < 4.78 is 0. The van der Waals surface area contributed by atoms with Crippen LogP contribution in [0.15, 0.2) is 0 Å². The van der Waals surface area contributed by atoms with E-state index in [1.165, 1.54) is 0 Å². The minimum atomic E-state index is 0. The fourth-order valence-corrected chi connectivity index (χ4v) is 1.42. The van der Waals surface area contributed by atoms with Crippen LogP contribution in [-0.2, 0) is 4.79 Å². The average molecular weight is 296 g/mol. The van der Waals surface area contributed by atoms with Crippen molar-refractivity contribution in [2.45, 2.75) is 73.8 Å². The third-order valence-corrected chi connectivity index (χ3v) is 2.09. The predicted octanol–water partition coefficient (Wildman–Crippen LogP) is 3.52. The Bertz CT molecular complexity index is 175. The third kappa shape index (κ3) is 32.0. The molecular weight excluding hydrogens is 258 g/mol. The maximum Gasteiger partial charge on any atom is 0.130 e. The van der Waals surface area contributed by atoms with Crippen LogP contribution in [0.25, 0.3) is 0 Å². The molecule has 4 heteroatoms. The molecule has 0 amide bonds. The number of carbonyl (C=O) groups is 1. The van der Waals surface area contributed by atoms with E-state index in [0.29, 0.717) is 5.92 Å². The third-order valence-electron chi connectivity index (χ3n) is 2.09. The molecule has 0 saturated carbocycles. The Hall–Kier alpha value is -0.0600. The van der Waals surface area contributed by atoms with Gasteiger partial charge >= 0.3 is 0 Å². The molecule has 19 heavy (non-hydrogen) atoms. The molecule has 0 atom stereocenters. The molecular formula is C15H37NO2S. The first-order chi connectivity index (χ1) is 8.25. The van der Waals surface area contributed by atoms with Crippen LogP contribution in [0.5, 0.6) is 0 Å². The molecule has 120 valence electrons.